The first kappa shape index (κ1) is 12.9. The first-order chi connectivity index (χ1) is 7.59. The van der Waals surface area contributed by atoms with E-state index in [0.29, 0.717) is 13.2 Å². The number of nitrogens with zero attached hydrogens (tertiary/aromatic N) is 1. The van der Waals surface area contributed by atoms with E-state index in [-0.39, 0.29) is 6.61 Å². The molecule has 0 atom stereocenters. The van der Waals surface area contributed by atoms with Crippen LogP contribution in [-0.2, 0) is 9.53 Å². The normalized spacial score (nSPS) is 10.1. The molecule has 0 saturated heterocycles. The zero-order valence-electron chi connectivity index (χ0n) is 9.00. The van der Waals surface area contributed by atoms with Crippen molar-refractivity contribution in [1.29, 1.82) is 0 Å². The molecule has 1 heterocycles. The van der Waals surface area contributed by atoms with Gasteiger partial charge in [-0.1, -0.05) is 0 Å². The molecular formula is C10H14BrN3O2. The lowest BCUT2D eigenvalue weighted by Crippen LogP contribution is -2.20. The molecule has 5 nitrogen and oxygen atoms in total. The quantitative estimate of drug-likeness (QED) is 0.767. The maximum atomic E-state index is 10.4. The lowest BCUT2D eigenvalue weighted by atomic mass is 10.4. The number of nitrogens with one attached hydrogen (secondary N) is 1. The Bertz CT molecular complexity index is 371. The number of anilines is 1. The van der Waals surface area contributed by atoms with Gasteiger partial charge in [0.25, 0.3) is 0 Å². The SMILES string of the molecule is Cc1nc(NCCOCC(N)=O)ccc1Br. The second-order valence-corrected chi connectivity index (χ2v) is 4.06. The Balaban J connectivity index is 2.27. The number of hydrogen-bond acceptors (Lipinski definition) is 4. The molecular weight excluding hydrogens is 274 g/mol. The van der Waals surface area contributed by atoms with Crippen LogP contribution in [0.15, 0.2) is 16.6 Å². The molecule has 1 aromatic rings. The Hall–Kier alpha value is -1.14. The summed E-state index contributed by atoms with van der Waals surface area (Å²) in [5.41, 5.74) is 5.84. The summed E-state index contributed by atoms with van der Waals surface area (Å²) in [6.07, 6.45) is 0. The minimum atomic E-state index is -0.461. The monoisotopic (exact) mass is 287 g/mol. The zero-order chi connectivity index (χ0) is 12.0. The van der Waals surface area contributed by atoms with Gasteiger partial charge in [0.05, 0.1) is 12.3 Å². The molecule has 1 amide bonds. The summed E-state index contributed by atoms with van der Waals surface area (Å²) in [6.45, 7) is 2.87. The smallest absolute Gasteiger partial charge is 0.243 e. The van der Waals surface area contributed by atoms with Gasteiger partial charge in [0.15, 0.2) is 0 Å². The lowest BCUT2D eigenvalue weighted by molar-refractivity contribution is -0.122. The first-order valence-corrected chi connectivity index (χ1v) is 5.62. The number of primary amides is 1. The summed E-state index contributed by atoms with van der Waals surface area (Å²) in [5, 5.41) is 3.08. The van der Waals surface area contributed by atoms with Crippen LogP contribution in [0.2, 0.25) is 0 Å². The molecule has 0 fully saturated rings. The van der Waals surface area contributed by atoms with Crippen LogP contribution in [0.4, 0.5) is 5.82 Å². The van der Waals surface area contributed by atoms with Crippen LogP contribution in [0.1, 0.15) is 5.69 Å². The highest BCUT2D eigenvalue weighted by molar-refractivity contribution is 9.10. The predicted molar refractivity (Wildman–Crippen MR) is 65.2 cm³/mol. The molecule has 0 aliphatic rings. The van der Waals surface area contributed by atoms with Crippen molar-refractivity contribution in [3.63, 3.8) is 0 Å². The molecule has 0 radical (unpaired) electrons. The van der Waals surface area contributed by atoms with Gasteiger partial charge in [0, 0.05) is 11.0 Å². The third-order valence-corrected chi connectivity index (χ3v) is 2.66. The summed E-state index contributed by atoms with van der Waals surface area (Å²) >= 11 is 3.37. The van der Waals surface area contributed by atoms with Gasteiger partial charge in [-0.25, -0.2) is 4.98 Å². The largest absolute Gasteiger partial charge is 0.370 e. The standard InChI is InChI=1S/C10H14BrN3O2/c1-7-8(11)2-3-10(14-7)13-4-5-16-6-9(12)15/h2-3H,4-6H2,1H3,(H2,12,15)(H,13,14). The molecule has 0 aliphatic heterocycles. The van der Waals surface area contributed by atoms with E-state index in [1.807, 2.05) is 19.1 Å². The number of rotatable bonds is 6. The summed E-state index contributed by atoms with van der Waals surface area (Å²) in [4.78, 5) is 14.7. The van der Waals surface area contributed by atoms with Crippen LogP contribution in [0.5, 0.6) is 0 Å². The highest BCUT2D eigenvalue weighted by Crippen LogP contribution is 2.15. The van der Waals surface area contributed by atoms with Crippen LogP contribution in [0.25, 0.3) is 0 Å². The lowest BCUT2D eigenvalue weighted by Gasteiger charge is -2.07. The van der Waals surface area contributed by atoms with Crippen LogP contribution in [-0.4, -0.2) is 30.6 Å². The van der Waals surface area contributed by atoms with E-state index in [1.165, 1.54) is 0 Å². The van der Waals surface area contributed by atoms with E-state index < -0.39 is 5.91 Å². The fraction of sp³-hybridized carbons (Fsp3) is 0.400. The highest BCUT2D eigenvalue weighted by atomic mass is 79.9. The van der Waals surface area contributed by atoms with E-state index in [2.05, 4.69) is 26.2 Å². The number of hydrogen-bond donors (Lipinski definition) is 2. The summed E-state index contributed by atoms with van der Waals surface area (Å²) in [6, 6.07) is 3.79. The minimum absolute atomic E-state index is 0.0471. The van der Waals surface area contributed by atoms with E-state index in [0.717, 1.165) is 16.0 Å². The van der Waals surface area contributed by atoms with Crippen molar-refractivity contribution in [2.75, 3.05) is 25.1 Å². The molecule has 0 unspecified atom stereocenters. The van der Waals surface area contributed by atoms with E-state index in [1.54, 1.807) is 0 Å². The summed E-state index contributed by atoms with van der Waals surface area (Å²) in [7, 11) is 0. The number of aromatic nitrogens is 1. The van der Waals surface area contributed by atoms with Crippen molar-refractivity contribution in [3.8, 4) is 0 Å². The topological polar surface area (TPSA) is 77.2 Å². The summed E-state index contributed by atoms with van der Waals surface area (Å²) in [5.74, 6) is 0.320. The Labute approximate surface area is 103 Å². The fourth-order valence-corrected chi connectivity index (χ4v) is 1.29. The number of ether oxygens (including phenoxy) is 1. The van der Waals surface area contributed by atoms with Crippen molar-refractivity contribution >= 4 is 27.7 Å². The molecule has 1 aromatic heterocycles. The van der Waals surface area contributed by atoms with Gasteiger partial charge >= 0.3 is 0 Å². The molecule has 0 aromatic carbocycles. The van der Waals surface area contributed by atoms with Gasteiger partial charge < -0.3 is 15.8 Å². The Morgan fingerprint density at radius 1 is 1.62 bits per heavy atom. The van der Waals surface area contributed by atoms with E-state index in [9.17, 15) is 4.79 Å². The van der Waals surface area contributed by atoms with E-state index >= 15 is 0 Å². The molecule has 1 rings (SSSR count). The van der Waals surface area contributed by atoms with E-state index in [4.69, 9.17) is 10.5 Å². The average molecular weight is 288 g/mol. The molecule has 0 saturated carbocycles. The van der Waals surface area contributed by atoms with Gasteiger partial charge in [-0.3, -0.25) is 4.79 Å². The number of carbonyl (C=O) groups is 1. The van der Waals surface area contributed by atoms with Gasteiger partial charge in [-0.05, 0) is 35.0 Å². The van der Waals surface area contributed by atoms with Gasteiger partial charge in [-0.15, -0.1) is 0 Å². The molecule has 3 N–H and O–H groups in total. The van der Waals surface area contributed by atoms with Crippen molar-refractivity contribution in [1.82, 2.24) is 4.98 Å². The highest BCUT2D eigenvalue weighted by Gasteiger charge is 1.98. The fourth-order valence-electron chi connectivity index (χ4n) is 1.07. The third kappa shape index (κ3) is 4.59. The molecule has 0 spiro atoms. The average Bonchev–Trinajstić information content (AvgIpc) is 2.22. The Morgan fingerprint density at radius 3 is 3.00 bits per heavy atom. The number of halogens is 1. The number of nitrogens with two attached hydrogens (primary N) is 1. The third-order valence-electron chi connectivity index (χ3n) is 1.82. The van der Waals surface area contributed by atoms with Crippen molar-refractivity contribution < 1.29 is 9.53 Å². The van der Waals surface area contributed by atoms with Gasteiger partial charge in [-0.2, -0.15) is 0 Å². The summed E-state index contributed by atoms with van der Waals surface area (Å²) < 4.78 is 5.97. The first-order valence-electron chi connectivity index (χ1n) is 4.82. The predicted octanol–water partition coefficient (Wildman–Crippen LogP) is 1.07. The van der Waals surface area contributed by atoms with Crippen LogP contribution in [0, 0.1) is 6.92 Å². The Kier molecular flexibility index (Phi) is 5.21. The molecule has 0 bridgehead atoms. The van der Waals surface area contributed by atoms with Crippen molar-refractivity contribution in [2.45, 2.75) is 6.92 Å². The minimum Gasteiger partial charge on any atom is -0.370 e. The van der Waals surface area contributed by atoms with Gasteiger partial charge in [0.1, 0.15) is 12.4 Å². The van der Waals surface area contributed by atoms with Crippen LogP contribution >= 0.6 is 15.9 Å². The molecule has 88 valence electrons. The maximum Gasteiger partial charge on any atom is 0.243 e. The number of pyridine rings is 1. The second kappa shape index (κ2) is 6.44. The molecule has 16 heavy (non-hydrogen) atoms. The number of amides is 1. The van der Waals surface area contributed by atoms with Gasteiger partial charge in [0.2, 0.25) is 5.91 Å². The van der Waals surface area contributed by atoms with Crippen molar-refractivity contribution in [3.05, 3.63) is 22.3 Å². The number of carbonyl (C=O) groups excluding carboxylic acids is 1. The van der Waals surface area contributed by atoms with Crippen LogP contribution in [0.3, 0.4) is 0 Å². The second-order valence-electron chi connectivity index (χ2n) is 3.21. The molecule has 0 aliphatic carbocycles. The maximum absolute atomic E-state index is 10.4. The van der Waals surface area contributed by atoms with Crippen molar-refractivity contribution in [2.24, 2.45) is 5.73 Å². The Morgan fingerprint density at radius 2 is 2.38 bits per heavy atom. The zero-order valence-corrected chi connectivity index (χ0v) is 10.6. The number of aryl methyl sites for hydroxylation is 1. The van der Waals surface area contributed by atoms with Crippen LogP contribution < -0.4 is 11.1 Å². The molecule has 6 heteroatoms.